The van der Waals surface area contributed by atoms with Crippen molar-refractivity contribution in [1.82, 2.24) is 0 Å². The molecule has 0 aromatic heterocycles. The molecule has 1 atom stereocenters. The number of rotatable bonds is 5. The van der Waals surface area contributed by atoms with Crippen LogP contribution in [0.2, 0.25) is 0 Å². The Balaban J connectivity index is 1.72. The Hall–Kier alpha value is -1.12. The summed E-state index contributed by atoms with van der Waals surface area (Å²) >= 11 is 0. The highest BCUT2D eigenvalue weighted by molar-refractivity contribution is 5.19. The van der Waals surface area contributed by atoms with Crippen molar-refractivity contribution in [1.29, 1.82) is 0 Å². The van der Waals surface area contributed by atoms with E-state index in [0.717, 1.165) is 6.42 Å². The lowest BCUT2D eigenvalue weighted by atomic mass is 9.86. The van der Waals surface area contributed by atoms with Crippen molar-refractivity contribution in [3.63, 3.8) is 0 Å². The summed E-state index contributed by atoms with van der Waals surface area (Å²) in [6.45, 7) is 1.55. The SMILES string of the molecule is OC[C@@H]1CC=C1COCc1ccccc1. The molecule has 1 aromatic carbocycles. The molecule has 0 aliphatic heterocycles. The van der Waals surface area contributed by atoms with Gasteiger partial charge in [-0.15, -0.1) is 0 Å². The summed E-state index contributed by atoms with van der Waals surface area (Å²) in [6.07, 6.45) is 3.15. The molecule has 1 N–H and O–H groups in total. The van der Waals surface area contributed by atoms with Gasteiger partial charge in [-0.3, -0.25) is 0 Å². The number of benzene rings is 1. The van der Waals surface area contributed by atoms with Crippen molar-refractivity contribution in [3.05, 3.63) is 47.5 Å². The number of aliphatic hydroxyl groups is 1. The molecule has 15 heavy (non-hydrogen) atoms. The van der Waals surface area contributed by atoms with Crippen molar-refractivity contribution in [2.24, 2.45) is 5.92 Å². The number of aliphatic hydroxyl groups excluding tert-OH is 1. The van der Waals surface area contributed by atoms with Gasteiger partial charge in [-0.25, -0.2) is 0 Å². The quantitative estimate of drug-likeness (QED) is 0.745. The average Bonchev–Trinajstić information content (AvgIpc) is 2.25. The van der Waals surface area contributed by atoms with E-state index in [9.17, 15) is 0 Å². The van der Waals surface area contributed by atoms with Crippen molar-refractivity contribution >= 4 is 0 Å². The molecule has 0 saturated carbocycles. The molecule has 1 aliphatic rings. The monoisotopic (exact) mass is 204 g/mol. The number of allylic oxidation sites excluding steroid dienone is 1. The maximum Gasteiger partial charge on any atom is 0.0721 e. The zero-order chi connectivity index (χ0) is 10.5. The Kier molecular flexibility index (Phi) is 3.54. The fraction of sp³-hybridized carbons (Fsp3) is 0.385. The standard InChI is InChI=1S/C13H16O2/c14-8-12-6-7-13(12)10-15-9-11-4-2-1-3-5-11/h1-5,7,12,14H,6,8-10H2/t12-/m0/s1. The van der Waals surface area contributed by atoms with Crippen LogP contribution in [0.5, 0.6) is 0 Å². The topological polar surface area (TPSA) is 29.5 Å². The summed E-state index contributed by atoms with van der Waals surface area (Å²) in [7, 11) is 0. The lowest BCUT2D eigenvalue weighted by Gasteiger charge is -2.25. The Morgan fingerprint density at radius 1 is 1.20 bits per heavy atom. The minimum Gasteiger partial charge on any atom is -0.396 e. The van der Waals surface area contributed by atoms with Crippen LogP contribution in [0.4, 0.5) is 0 Å². The largest absolute Gasteiger partial charge is 0.396 e. The summed E-state index contributed by atoms with van der Waals surface area (Å²) in [5.41, 5.74) is 2.44. The molecule has 2 nitrogen and oxygen atoms in total. The molecule has 0 fully saturated rings. The molecule has 1 aliphatic carbocycles. The first-order chi connectivity index (χ1) is 7.40. The van der Waals surface area contributed by atoms with Crippen LogP contribution in [0.3, 0.4) is 0 Å². The fourth-order valence-corrected chi connectivity index (χ4v) is 1.68. The maximum absolute atomic E-state index is 8.98. The third-order valence-corrected chi connectivity index (χ3v) is 2.79. The highest BCUT2D eigenvalue weighted by Gasteiger charge is 2.19. The second kappa shape index (κ2) is 5.10. The summed E-state index contributed by atoms with van der Waals surface area (Å²) < 4.78 is 5.58. The smallest absolute Gasteiger partial charge is 0.0721 e. The van der Waals surface area contributed by atoms with Gasteiger partial charge in [0.1, 0.15) is 0 Å². The number of ether oxygens (including phenoxy) is 1. The predicted octanol–water partition coefficient (Wildman–Crippen LogP) is 2.14. The Labute approximate surface area is 90.2 Å². The van der Waals surface area contributed by atoms with E-state index in [1.54, 1.807) is 0 Å². The molecule has 0 spiro atoms. The molecule has 0 heterocycles. The molecule has 0 radical (unpaired) electrons. The van der Waals surface area contributed by atoms with E-state index in [1.807, 2.05) is 18.2 Å². The van der Waals surface area contributed by atoms with Gasteiger partial charge in [0.2, 0.25) is 0 Å². The van der Waals surface area contributed by atoms with E-state index < -0.39 is 0 Å². The van der Waals surface area contributed by atoms with Crippen molar-refractivity contribution in [2.45, 2.75) is 13.0 Å². The van der Waals surface area contributed by atoms with Crippen LogP contribution in [-0.2, 0) is 11.3 Å². The van der Waals surface area contributed by atoms with Gasteiger partial charge >= 0.3 is 0 Å². The van der Waals surface area contributed by atoms with Crippen molar-refractivity contribution < 1.29 is 9.84 Å². The van der Waals surface area contributed by atoms with Crippen molar-refractivity contribution in [3.8, 4) is 0 Å². The van der Waals surface area contributed by atoms with Gasteiger partial charge in [0.25, 0.3) is 0 Å². The zero-order valence-electron chi connectivity index (χ0n) is 8.73. The maximum atomic E-state index is 8.98. The van der Waals surface area contributed by atoms with Crippen LogP contribution in [0.15, 0.2) is 42.0 Å². The fourth-order valence-electron chi connectivity index (χ4n) is 1.68. The molecule has 80 valence electrons. The molecule has 0 saturated heterocycles. The van der Waals surface area contributed by atoms with Gasteiger partial charge in [-0.2, -0.15) is 0 Å². The van der Waals surface area contributed by atoms with E-state index in [-0.39, 0.29) is 6.61 Å². The van der Waals surface area contributed by atoms with Crippen molar-refractivity contribution in [2.75, 3.05) is 13.2 Å². The first-order valence-electron chi connectivity index (χ1n) is 5.31. The zero-order valence-corrected chi connectivity index (χ0v) is 8.73. The van der Waals surface area contributed by atoms with Crippen LogP contribution in [0, 0.1) is 5.92 Å². The normalized spacial score (nSPS) is 19.5. The second-order valence-electron chi connectivity index (χ2n) is 3.87. The minimum atomic E-state index is 0.251. The van der Waals surface area contributed by atoms with E-state index in [4.69, 9.17) is 9.84 Å². The van der Waals surface area contributed by atoms with Gasteiger partial charge < -0.3 is 9.84 Å². The lowest BCUT2D eigenvalue weighted by molar-refractivity contribution is 0.123. The first-order valence-corrected chi connectivity index (χ1v) is 5.31. The first kappa shape index (κ1) is 10.4. The highest BCUT2D eigenvalue weighted by atomic mass is 16.5. The second-order valence-corrected chi connectivity index (χ2v) is 3.87. The van der Waals surface area contributed by atoms with Gasteiger partial charge in [-0.05, 0) is 17.6 Å². The average molecular weight is 204 g/mol. The van der Waals surface area contributed by atoms with E-state index in [2.05, 4.69) is 18.2 Å². The van der Waals surface area contributed by atoms with E-state index in [0.29, 0.717) is 19.1 Å². The Morgan fingerprint density at radius 2 is 2.00 bits per heavy atom. The lowest BCUT2D eigenvalue weighted by Crippen LogP contribution is -2.20. The molecule has 1 aromatic rings. The highest BCUT2D eigenvalue weighted by Crippen LogP contribution is 2.26. The van der Waals surface area contributed by atoms with Crippen LogP contribution >= 0.6 is 0 Å². The summed E-state index contributed by atoms with van der Waals surface area (Å²) in [4.78, 5) is 0. The van der Waals surface area contributed by atoms with Crippen LogP contribution in [0.1, 0.15) is 12.0 Å². The number of hydrogen-bond acceptors (Lipinski definition) is 2. The van der Waals surface area contributed by atoms with Gasteiger partial charge in [-0.1, -0.05) is 36.4 Å². The van der Waals surface area contributed by atoms with E-state index >= 15 is 0 Å². The predicted molar refractivity (Wildman–Crippen MR) is 59.4 cm³/mol. The van der Waals surface area contributed by atoms with Crippen LogP contribution in [-0.4, -0.2) is 18.3 Å². The Bertz CT molecular complexity index is 330. The molecule has 0 bridgehead atoms. The minimum absolute atomic E-state index is 0.251. The third kappa shape index (κ3) is 2.67. The molecule has 2 rings (SSSR count). The molecule has 0 amide bonds. The third-order valence-electron chi connectivity index (χ3n) is 2.79. The number of hydrogen-bond donors (Lipinski definition) is 1. The molecule has 0 unspecified atom stereocenters. The molecular formula is C13H16O2. The van der Waals surface area contributed by atoms with Gasteiger partial charge in [0, 0.05) is 12.5 Å². The summed E-state index contributed by atoms with van der Waals surface area (Å²) in [6, 6.07) is 10.1. The van der Waals surface area contributed by atoms with Gasteiger partial charge in [0.05, 0.1) is 13.2 Å². The van der Waals surface area contributed by atoms with Gasteiger partial charge in [0.15, 0.2) is 0 Å². The summed E-state index contributed by atoms with van der Waals surface area (Å²) in [5.74, 6) is 0.348. The molecule has 2 heteroatoms. The molecular weight excluding hydrogens is 188 g/mol. The van der Waals surface area contributed by atoms with Crippen LogP contribution in [0.25, 0.3) is 0 Å². The summed E-state index contributed by atoms with van der Waals surface area (Å²) in [5, 5.41) is 8.98. The van der Waals surface area contributed by atoms with E-state index in [1.165, 1.54) is 11.1 Å². The van der Waals surface area contributed by atoms with Crippen LogP contribution < -0.4 is 0 Å². The Morgan fingerprint density at radius 3 is 2.60 bits per heavy atom.